The number of rotatable bonds is 0. The van der Waals surface area contributed by atoms with Gasteiger partial charge in [0.15, 0.2) is 0 Å². The van der Waals surface area contributed by atoms with E-state index in [1.165, 1.54) is 0 Å². The number of hydrogen-bond donors (Lipinski definition) is 0. The summed E-state index contributed by atoms with van der Waals surface area (Å²) in [5, 5.41) is 8.24. The first-order chi connectivity index (χ1) is 5.20. The van der Waals surface area contributed by atoms with Crippen LogP contribution >= 0.6 is 8.07 Å². The Labute approximate surface area is 66.7 Å². The molecule has 0 aliphatic carbocycles. The van der Waals surface area contributed by atoms with Crippen LogP contribution in [-0.4, -0.2) is 28.8 Å². The van der Waals surface area contributed by atoms with E-state index in [9.17, 15) is 0 Å². The van der Waals surface area contributed by atoms with E-state index in [2.05, 4.69) is 10.3 Å². The number of oxime groups is 1. The van der Waals surface area contributed by atoms with Gasteiger partial charge in [0.2, 0.25) is 5.85 Å². The Balaban J connectivity index is 2.28. The van der Waals surface area contributed by atoms with Gasteiger partial charge in [-0.2, -0.15) is 5.10 Å². The van der Waals surface area contributed by atoms with Crippen molar-refractivity contribution in [3.05, 3.63) is 0 Å². The quantitative estimate of drug-likeness (QED) is 0.516. The number of nitrogens with zero attached hydrogens (tertiary/aromatic N) is 3. The Kier molecular flexibility index (Phi) is 1.39. The standard InChI is InChI=1S/C6H10N3OP/c1-4-6-10-8-5(2)11(6)9(3)7-4/h6H,1-3H3. The maximum Gasteiger partial charge on any atom is 0.210 e. The van der Waals surface area contributed by atoms with Crippen LogP contribution in [0.1, 0.15) is 13.8 Å². The summed E-state index contributed by atoms with van der Waals surface area (Å²) < 4.78 is 1.97. The Hall–Kier alpha value is -0.630. The molecule has 0 amide bonds. The van der Waals surface area contributed by atoms with Gasteiger partial charge in [-0.3, -0.25) is 4.78 Å². The van der Waals surface area contributed by atoms with E-state index in [1.807, 2.05) is 25.7 Å². The lowest BCUT2D eigenvalue weighted by Crippen LogP contribution is -2.11. The molecule has 4 nitrogen and oxygen atoms in total. The molecule has 60 valence electrons. The van der Waals surface area contributed by atoms with Crippen LogP contribution in [0.15, 0.2) is 10.3 Å². The molecule has 0 N–H and O–H groups in total. The van der Waals surface area contributed by atoms with Crippen LogP contribution in [0, 0.1) is 0 Å². The van der Waals surface area contributed by atoms with Crippen LogP contribution in [0.3, 0.4) is 0 Å². The summed E-state index contributed by atoms with van der Waals surface area (Å²) >= 11 is 0. The molecular formula is C6H10N3OP. The Morgan fingerprint density at radius 1 is 1.55 bits per heavy atom. The normalized spacial score (nSPS) is 34.6. The summed E-state index contributed by atoms with van der Waals surface area (Å²) in [5.74, 6) is 0.134. The third kappa shape index (κ3) is 0.857. The van der Waals surface area contributed by atoms with E-state index in [1.54, 1.807) is 0 Å². The first kappa shape index (κ1) is 7.04. The molecule has 11 heavy (non-hydrogen) atoms. The second-order valence-corrected chi connectivity index (χ2v) is 5.06. The molecule has 2 rings (SSSR count). The van der Waals surface area contributed by atoms with Crippen molar-refractivity contribution in [2.75, 3.05) is 7.05 Å². The molecule has 0 saturated heterocycles. The van der Waals surface area contributed by atoms with Gasteiger partial charge in [-0.1, -0.05) is 5.16 Å². The molecule has 0 radical (unpaired) electrons. The van der Waals surface area contributed by atoms with E-state index in [4.69, 9.17) is 4.84 Å². The number of hydrazone groups is 1. The van der Waals surface area contributed by atoms with Crippen molar-refractivity contribution in [1.82, 2.24) is 4.78 Å². The minimum atomic E-state index is -0.397. The zero-order valence-electron chi connectivity index (χ0n) is 6.77. The monoisotopic (exact) mass is 171 g/mol. The van der Waals surface area contributed by atoms with E-state index >= 15 is 0 Å². The van der Waals surface area contributed by atoms with Gasteiger partial charge < -0.3 is 4.84 Å². The molecule has 2 atom stereocenters. The summed E-state index contributed by atoms with van der Waals surface area (Å²) in [6, 6.07) is 0. The minimum Gasteiger partial charge on any atom is -0.379 e. The van der Waals surface area contributed by atoms with Crippen molar-refractivity contribution >= 4 is 19.2 Å². The Morgan fingerprint density at radius 2 is 2.27 bits per heavy atom. The van der Waals surface area contributed by atoms with Crippen LogP contribution in [0.5, 0.6) is 0 Å². The summed E-state index contributed by atoms with van der Waals surface area (Å²) in [4.78, 5) is 5.22. The molecule has 0 aromatic carbocycles. The summed E-state index contributed by atoms with van der Waals surface area (Å²) in [5.41, 5.74) is 2.12. The van der Waals surface area contributed by atoms with Gasteiger partial charge in [0.25, 0.3) is 0 Å². The molecule has 0 aromatic heterocycles. The lowest BCUT2D eigenvalue weighted by molar-refractivity contribution is 0.168. The molecule has 5 heteroatoms. The molecule has 0 fully saturated rings. The molecule has 2 aliphatic rings. The van der Waals surface area contributed by atoms with E-state index < -0.39 is 8.07 Å². The third-order valence-electron chi connectivity index (χ3n) is 1.81. The molecule has 0 spiro atoms. The smallest absolute Gasteiger partial charge is 0.210 e. The van der Waals surface area contributed by atoms with Crippen LogP contribution in [0.4, 0.5) is 0 Å². The number of hydrogen-bond acceptors (Lipinski definition) is 4. The zero-order valence-corrected chi connectivity index (χ0v) is 7.67. The van der Waals surface area contributed by atoms with Crippen molar-refractivity contribution < 1.29 is 4.84 Å². The van der Waals surface area contributed by atoms with Gasteiger partial charge in [0, 0.05) is 7.05 Å². The predicted octanol–water partition coefficient (Wildman–Crippen LogP) is 1.39. The van der Waals surface area contributed by atoms with Gasteiger partial charge in [0.1, 0.15) is 13.5 Å². The summed E-state index contributed by atoms with van der Waals surface area (Å²) in [7, 11) is 1.58. The first-order valence-electron chi connectivity index (χ1n) is 3.48. The van der Waals surface area contributed by atoms with Crippen molar-refractivity contribution in [2.24, 2.45) is 10.3 Å². The minimum absolute atomic E-state index is 0.134. The second-order valence-electron chi connectivity index (χ2n) is 2.67. The maximum absolute atomic E-state index is 5.22. The highest BCUT2D eigenvalue weighted by atomic mass is 31.1. The average Bonchev–Trinajstić information content (AvgIpc) is 2.41. The molecule has 2 heterocycles. The fraction of sp³-hybridized carbons (Fsp3) is 0.667. The molecule has 0 bridgehead atoms. The number of fused-ring (bicyclic) bond motifs is 1. The molecular weight excluding hydrogens is 161 g/mol. The average molecular weight is 171 g/mol. The molecule has 0 aromatic rings. The third-order valence-corrected chi connectivity index (χ3v) is 4.18. The predicted molar refractivity (Wildman–Crippen MR) is 45.8 cm³/mol. The Morgan fingerprint density at radius 3 is 2.91 bits per heavy atom. The van der Waals surface area contributed by atoms with Gasteiger partial charge >= 0.3 is 0 Å². The van der Waals surface area contributed by atoms with Crippen molar-refractivity contribution in [1.29, 1.82) is 0 Å². The lowest BCUT2D eigenvalue weighted by atomic mass is 10.5. The van der Waals surface area contributed by atoms with Gasteiger partial charge in [-0.05, 0) is 13.8 Å². The van der Waals surface area contributed by atoms with Crippen molar-refractivity contribution in [3.63, 3.8) is 0 Å². The van der Waals surface area contributed by atoms with E-state index in [0.29, 0.717) is 0 Å². The van der Waals surface area contributed by atoms with E-state index in [-0.39, 0.29) is 5.85 Å². The van der Waals surface area contributed by atoms with Gasteiger partial charge in [0.05, 0.1) is 5.71 Å². The van der Waals surface area contributed by atoms with Crippen LogP contribution < -0.4 is 0 Å². The molecule has 2 unspecified atom stereocenters. The molecule has 2 aliphatic heterocycles. The lowest BCUT2D eigenvalue weighted by Gasteiger charge is -2.14. The topological polar surface area (TPSA) is 37.2 Å². The highest BCUT2D eigenvalue weighted by molar-refractivity contribution is 7.74. The Bertz CT molecular complexity index is 250. The van der Waals surface area contributed by atoms with Crippen LogP contribution in [0.2, 0.25) is 0 Å². The van der Waals surface area contributed by atoms with Crippen LogP contribution in [-0.2, 0) is 4.84 Å². The highest BCUT2D eigenvalue weighted by Gasteiger charge is 2.41. The van der Waals surface area contributed by atoms with Gasteiger partial charge in [-0.15, -0.1) is 0 Å². The molecule has 0 saturated carbocycles. The second kappa shape index (κ2) is 2.18. The summed E-state index contributed by atoms with van der Waals surface area (Å²) in [6.07, 6.45) is 0. The van der Waals surface area contributed by atoms with Crippen molar-refractivity contribution in [2.45, 2.75) is 19.7 Å². The van der Waals surface area contributed by atoms with Crippen LogP contribution in [0.25, 0.3) is 0 Å². The van der Waals surface area contributed by atoms with Gasteiger partial charge in [-0.25, -0.2) is 0 Å². The largest absolute Gasteiger partial charge is 0.379 e. The van der Waals surface area contributed by atoms with E-state index in [0.717, 1.165) is 11.2 Å². The zero-order chi connectivity index (χ0) is 8.01. The fourth-order valence-corrected chi connectivity index (χ4v) is 3.29. The maximum atomic E-state index is 5.22. The summed E-state index contributed by atoms with van der Waals surface area (Å²) in [6.45, 7) is 3.98. The first-order valence-corrected chi connectivity index (χ1v) is 4.85. The van der Waals surface area contributed by atoms with Crippen molar-refractivity contribution in [3.8, 4) is 0 Å². The SMILES string of the molecule is CC1=NN(C)P2C(C)=NOC12. The highest BCUT2D eigenvalue weighted by Crippen LogP contribution is 2.54. The fourth-order valence-electron chi connectivity index (χ4n) is 1.32.